The van der Waals surface area contributed by atoms with E-state index in [0.717, 1.165) is 13.0 Å². The molecule has 0 spiro atoms. The predicted molar refractivity (Wildman–Crippen MR) is 97.0 cm³/mol. The highest BCUT2D eigenvalue weighted by Crippen LogP contribution is 2.40. The molecule has 0 saturated heterocycles. The average Bonchev–Trinajstić information content (AvgIpc) is 2.55. The van der Waals surface area contributed by atoms with Crippen LogP contribution in [0.2, 0.25) is 0 Å². The Morgan fingerprint density at radius 2 is 1.27 bits per heavy atom. The Morgan fingerprint density at radius 3 is 1.82 bits per heavy atom. The quantitative estimate of drug-likeness (QED) is 0.473. The normalized spacial score (nSPS) is 12.1. The Labute approximate surface area is 131 Å². The lowest BCUT2D eigenvalue weighted by Crippen LogP contribution is -2.13. The van der Waals surface area contributed by atoms with Gasteiger partial charge in [0, 0.05) is 0 Å². The van der Waals surface area contributed by atoms with E-state index in [1.807, 2.05) is 0 Å². The first-order valence-electron chi connectivity index (χ1n) is 8.05. The van der Waals surface area contributed by atoms with Crippen LogP contribution in [0.25, 0.3) is 32.3 Å². The Bertz CT molecular complexity index is 876. The number of benzene rings is 5. The van der Waals surface area contributed by atoms with E-state index in [1.54, 1.807) is 0 Å². The van der Waals surface area contributed by atoms with Gasteiger partial charge in [-0.1, -0.05) is 48.5 Å². The van der Waals surface area contributed by atoms with E-state index >= 15 is 0 Å². The van der Waals surface area contributed by atoms with Gasteiger partial charge in [0.1, 0.15) is 0 Å². The molecule has 0 atom stereocenters. The van der Waals surface area contributed by atoms with Crippen LogP contribution in [-0.4, -0.2) is 25.5 Å². The van der Waals surface area contributed by atoms with Gasteiger partial charge < -0.3 is 4.90 Å². The third kappa shape index (κ3) is 2.05. The molecule has 5 aromatic carbocycles. The molecule has 0 radical (unpaired) electrons. The Kier molecular flexibility index (Phi) is 3.24. The molecule has 0 fully saturated rings. The van der Waals surface area contributed by atoms with Gasteiger partial charge in [-0.05, 0) is 77.4 Å². The summed E-state index contributed by atoms with van der Waals surface area (Å²) < 4.78 is 0. The van der Waals surface area contributed by atoms with Crippen LogP contribution < -0.4 is 0 Å². The van der Waals surface area contributed by atoms with Crippen LogP contribution in [0.4, 0.5) is 0 Å². The smallest absolute Gasteiger partial charge is 0.00217 e. The fourth-order valence-electron chi connectivity index (χ4n) is 3.69. The summed E-state index contributed by atoms with van der Waals surface area (Å²) >= 11 is 0. The minimum absolute atomic E-state index is 1.14. The minimum atomic E-state index is 1.14. The van der Waals surface area contributed by atoms with E-state index in [1.165, 1.54) is 44.3 Å². The lowest BCUT2D eigenvalue weighted by molar-refractivity contribution is 0.400. The molecule has 0 N–H and O–H groups in total. The van der Waals surface area contributed by atoms with Gasteiger partial charge in [0.15, 0.2) is 0 Å². The first kappa shape index (κ1) is 13.5. The van der Waals surface area contributed by atoms with Gasteiger partial charge in [-0.15, -0.1) is 0 Å². The van der Waals surface area contributed by atoms with Crippen molar-refractivity contribution in [3.8, 4) is 0 Å². The monoisotopic (exact) mass is 287 g/mol. The van der Waals surface area contributed by atoms with Crippen molar-refractivity contribution < 1.29 is 0 Å². The van der Waals surface area contributed by atoms with Crippen molar-refractivity contribution in [3.63, 3.8) is 0 Å². The zero-order valence-corrected chi connectivity index (χ0v) is 13.3. The van der Waals surface area contributed by atoms with Crippen molar-refractivity contribution in [2.45, 2.75) is 12.8 Å². The van der Waals surface area contributed by atoms with E-state index in [4.69, 9.17) is 0 Å². The van der Waals surface area contributed by atoms with Crippen molar-refractivity contribution in [2.75, 3.05) is 20.6 Å². The third-order valence-corrected chi connectivity index (χ3v) is 4.66. The van der Waals surface area contributed by atoms with Gasteiger partial charge in [0.05, 0.1) is 0 Å². The Hall–Kier alpha value is -2.12. The summed E-state index contributed by atoms with van der Waals surface area (Å²) in [4.78, 5) is 2.27. The highest BCUT2D eigenvalue weighted by atomic mass is 15.0. The molecule has 22 heavy (non-hydrogen) atoms. The predicted octanol–water partition coefficient (Wildman–Crippen LogP) is 5.08. The molecule has 2 bridgehead atoms. The molecule has 1 heteroatoms. The summed E-state index contributed by atoms with van der Waals surface area (Å²) in [7, 11) is 4.29. The zero-order chi connectivity index (χ0) is 15.1. The molecule has 110 valence electrons. The number of fused-ring (bicyclic) bond motifs is 1. The second-order valence-corrected chi connectivity index (χ2v) is 6.46. The van der Waals surface area contributed by atoms with Crippen LogP contribution in [0.3, 0.4) is 0 Å². The molecular weight excluding hydrogens is 266 g/mol. The van der Waals surface area contributed by atoms with Crippen LogP contribution in [0.15, 0.2) is 54.6 Å². The first-order chi connectivity index (χ1) is 10.8. The molecule has 5 rings (SSSR count). The molecule has 1 nitrogen and oxygen atoms in total. The third-order valence-electron chi connectivity index (χ3n) is 4.66. The second kappa shape index (κ2) is 5.26. The fourth-order valence-corrected chi connectivity index (χ4v) is 3.69. The van der Waals surface area contributed by atoms with Crippen LogP contribution in [0.1, 0.15) is 12.0 Å². The molecule has 0 unspecified atom stereocenters. The van der Waals surface area contributed by atoms with Crippen molar-refractivity contribution in [3.05, 3.63) is 60.2 Å². The van der Waals surface area contributed by atoms with E-state index in [0.29, 0.717) is 0 Å². The summed E-state index contributed by atoms with van der Waals surface area (Å²) in [6, 6.07) is 20.1. The standard InChI is InChI=1S/C21H21N/c1-22(2)13-7-8-15-14-20-16-9-3-5-11-18(16)21(15)19-12-6-4-10-17(19)20/h3-6,9-12,14H,7-8,13H2,1-2H3. The van der Waals surface area contributed by atoms with Gasteiger partial charge in [-0.2, -0.15) is 0 Å². The average molecular weight is 287 g/mol. The molecule has 0 aliphatic heterocycles. The van der Waals surface area contributed by atoms with Gasteiger partial charge in [0.25, 0.3) is 0 Å². The fraction of sp³-hybridized carbons (Fsp3) is 0.238. The topological polar surface area (TPSA) is 3.24 Å². The molecular formula is C21H21N. The summed E-state index contributed by atoms with van der Waals surface area (Å²) in [6.07, 6.45) is 2.36. The van der Waals surface area contributed by atoms with E-state index in [2.05, 4.69) is 73.6 Å². The van der Waals surface area contributed by atoms with Crippen LogP contribution in [-0.2, 0) is 6.42 Å². The van der Waals surface area contributed by atoms with Gasteiger partial charge in [-0.3, -0.25) is 0 Å². The number of hydrogen-bond donors (Lipinski definition) is 0. The van der Waals surface area contributed by atoms with Crippen LogP contribution >= 0.6 is 0 Å². The van der Waals surface area contributed by atoms with Crippen molar-refractivity contribution in [1.82, 2.24) is 4.90 Å². The maximum absolute atomic E-state index is 2.43. The van der Waals surface area contributed by atoms with Crippen molar-refractivity contribution in [1.29, 1.82) is 0 Å². The zero-order valence-electron chi connectivity index (χ0n) is 13.3. The number of hydrogen-bond acceptors (Lipinski definition) is 1. The SMILES string of the molecule is CN(C)CCCc1cc2c3ccccc3c1c1ccccc21. The second-order valence-electron chi connectivity index (χ2n) is 6.46. The van der Waals surface area contributed by atoms with Crippen molar-refractivity contribution >= 4 is 32.3 Å². The largest absolute Gasteiger partial charge is 0.309 e. The summed E-state index contributed by atoms with van der Waals surface area (Å²) in [5, 5.41) is 8.48. The van der Waals surface area contributed by atoms with Gasteiger partial charge in [-0.25, -0.2) is 0 Å². The molecule has 5 aromatic rings. The summed E-state index contributed by atoms with van der Waals surface area (Å²) in [6.45, 7) is 1.14. The number of aryl methyl sites for hydroxylation is 1. The van der Waals surface area contributed by atoms with Gasteiger partial charge >= 0.3 is 0 Å². The highest BCUT2D eigenvalue weighted by Gasteiger charge is 2.14. The molecule has 0 saturated carbocycles. The Balaban J connectivity index is 1.97. The summed E-state index contributed by atoms with van der Waals surface area (Å²) in [5.41, 5.74) is 1.51. The number of nitrogens with zero attached hydrogens (tertiary/aromatic N) is 1. The molecule has 0 heterocycles. The summed E-state index contributed by atoms with van der Waals surface area (Å²) in [5.74, 6) is 0. The minimum Gasteiger partial charge on any atom is -0.309 e. The van der Waals surface area contributed by atoms with Crippen LogP contribution in [0, 0.1) is 0 Å². The Morgan fingerprint density at radius 1 is 0.727 bits per heavy atom. The molecule has 0 aromatic heterocycles. The van der Waals surface area contributed by atoms with Crippen LogP contribution in [0.5, 0.6) is 0 Å². The molecule has 0 aliphatic rings. The highest BCUT2D eigenvalue weighted by molar-refractivity contribution is 6.28. The first-order valence-corrected chi connectivity index (χ1v) is 8.05. The maximum atomic E-state index is 2.43. The van der Waals surface area contributed by atoms with E-state index in [-0.39, 0.29) is 0 Å². The lowest BCUT2D eigenvalue weighted by Gasteiger charge is -2.18. The maximum Gasteiger partial charge on any atom is -0.00217 e. The van der Waals surface area contributed by atoms with E-state index < -0.39 is 0 Å². The molecule has 0 aliphatic carbocycles. The van der Waals surface area contributed by atoms with Crippen molar-refractivity contribution in [2.24, 2.45) is 0 Å². The number of rotatable bonds is 4. The lowest BCUT2D eigenvalue weighted by atomic mass is 9.87. The van der Waals surface area contributed by atoms with E-state index in [9.17, 15) is 0 Å². The molecule has 0 amide bonds. The van der Waals surface area contributed by atoms with Gasteiger partial charge in [0.2, 0.25) is 0 Å².